The Hall–Kier alpha value is -5.05. The molecule has 1 aliphatic heterocycles. The lowest BCUT2D eigenvalue weighted by atomic mass is 10.1. The average Bonchev–Trinajstić information content (AvgIpc) is 3.00. The third-order valence-electron chi connectivity index (χ3n) is 6.58. The first kappa shape index (κ1) is 29.4. The van der Waals surface area contributed by atoms with Gasteiger partial charge in [-0.2, -0.15) is 0 Å². The number of halogens is 2. The summed E-state index contributed by atoms with van der Waals surface area (Å²) < 4.78 is 61.3. The summed E-state index contributed by atoms with van der Waals surface area (Å²) in [5.41, 5.74) is 1.70. The number of nitrogens with one attached hydrogen (secondary N) is 1. The third-order valence-corrected chi connectivity index (χ3v) is 7.96. The Morgan fingerprint density at radius 1 is 1.00 bits per heavy atom. The maximum atomic E-state index is 14.3. The van der Waals surface area contributed by atoms with Gasteiger partial charge in [-0.1, -0.05) is 0 Å². The van der Waals surface area contributed by atoms with Gasteiger partial charge in [0.15, 0.2) is 11.6 Å². The number of piperazine rings is 1. The van der Waals surface area contributed by atoms with E-state index in [0.717, 1.165) is 12.1 Å². The fourth-order valence-electron chi connectivity index (χ4n) is 4.46. The quantitative estimate of drug-likeness (QED) is 0.296. The van der Waals surface area contributed by atoms with Gasteiger partial charge in [0, 0.05) is 44.0 Å². The van der Waals surface area contributed by atoms with Gasteiger partial charge in [-0.3, -0.25) is 14.3 Å². The number of carbonyl (C=O) groups excluding carboxylic acids is 2. The number of rotatable bonds is 8. The molecule has 12 nitrogen and oxygen atoms in total. The van der Waals surface area contributed by atoms with E-state index in [-0.39, 0.29) is 23.3 Å². The largest absolute Gasteiger partial charge is 0.480 e. The topological polar surface area (TPSA) is 148 Å². The number of pyridine rings is 2. The van der Waals surface area contributed by atoms with Gasteiger partial charge in [0.05, 0.1) is 18.3 Å². The SMILES string of the molecule is COc1ncc(-c2ccc3ncnc(N4CCN(C(=O)/C=C/C(C)=O)CC4)c3n2)cc1NS(=O)(=O)c1cc(F)ccc1F. The maximum Gasteiger partial charge on any atom is 0.265 e. The number of carbonyl (C=O) groups is 2. The molecule has 0 saturated carbocycles. The lowest BCUT2D eigenvalue weighted by Crippen LogP contribution is -2.48. The predicted molar refractivity (Wildman–Crippen MR) is 153 cm³/mol. The Bertz CT molecular complexity index is 1860. The summed E-state index contributed by atoms with van der Waals surface area (Å²) in [4.78, 5) is 43.9. The van der Waals surface area contributed by atoms with Crippen LogP contribution in [0.3, 0.4) is 0 Å². The number of hydrogen-bond donors (Lipinski definition) is 1. The number of anilines is 2. The molecule has 0 radical (unpaired) electrons. The maximum absolute atomic E-state index is 14.3. The predicted octanol–water partition coefficient (Wildman–Crippen LogP) is 2.97. The van der Waals surface area contributed by atoms with E-state index < -0.39 is 26.6 Å². The van der Waals surface area contributed by atoms with Crippen LogP contribution in [0.5, 0.6) is 5.88 Å². The smallest absolute Gasteiger partial charge is 0.265 e. The van der Waals surface area contributed by atoms with E-state index in [4.69, 9.17) is 9.72 Å². The van der Waals surface area contributed by atoms with Crippen molar-refractivity contribution in [3.8, 4) is 17.1 Å². The molecule has 1 aromatic carbocycles. The van der Waals surface area contributed by atoms with Gasteiger partial charge in [-0.25, -0.2) is 37.1 Å². The van der Waals surface area contributed by atoms with Crippen LogP contribution >= 0.6 is 0 Å². The second-order valence-electron chi connectivity index (χ2n) is 9.48. The van der Waals surface area contributed by atoms with Gasteiger partial charge in [0.2, 0.25) is 11.8 Å². The standard InChI is InChI=1S/C28H25F2N7O5S/c1-17(38)3-8-25(39)36-9-11-37(12-10-36)27-26-22(32-16-33-27)7-6-21(34-26)18-13-23(28(42-2)31-15-18)35-43(40,41)24-14-19(29)4-5-20(24)30/h3-8,13-16,35H,9-12H2,1-2H3/b8-3+. The molecule has 4 heterocycles. The number of sulfonamides is 1. The summed E-state index contributed by atoms with van der Waals surface area (Å²) in [6, 6.07) is 6.92. The molecule has 5 rings (SSSR count). The number of ketones is 1. The molecule has 0 bridgehead atoms. The van der Waals surface area contributed by atoms with E-state index in [1.807, 2.05) is 4.90 Å². The molecular formula is C28H25F2N7O5S. The van der Waals surface area contributed by atoms with Crippen molar-refractivity contribution in [1.29, 1.82) is 0 Å². The summed E-state index contributed by atoms with van der Waals surface area (Å²) >= 11 is 0. The zero-order valence-corrected chi connectivity index (χ0v) is 23.8. The fourth-order valence-corrected chi connectivity index (χ4v) is 5.60. The first-order valence-electron chi connectivity index (χ1n) is 12.9. The van der Waals surface area contributed by atoms with E-state index in [0.29, 0.717) is 60.4 Å². The lowest BCUT2D eigenvalue weighted by Gasteiger charge is -2.35. The van der Waals surface area contributed by atoms with Crippen molar-refractivity contribution >= 4 is 44.3 Å². The molecule has 15 heteroatoms. The second-order valence-corrected chi connectivity index (χ2v) is 11.1. The minimum absolute atomic E-state index is 0.0977. The van der Waals surface area contributed by atoms with Crippen molar-refractivity contribution in [1.82, 2.24) is 24.8 Å². The number of ether oxygens (including phenoxy) is 1. The highest BCUT2D eigenvalue weighted by molar-refractivity contribution is 7.92. The number of hydrogen-bond acceptors (Lipinski definition) is 10. The molecule has 1 saturated heterocycles. The van der Waals surface area contributed by atoms with Gasteiger partial charge < -0.3 is 14.5 Å². The van der Waals surface area contributed by atoms with Gasteiger partial charge in [0.25, 0.3) is 10.0 Å². The van der Waals surface area contributed by atoms with Crippen LogP contribution < -0.4 is 14.4 Å². The molecule has 1 N–H and O–H groups in total. The normalized spacial score (nSPS) is 13.9. The molecule has 43 heavy (non-hydrogen) atoms. The molecule has 1 fully saturated rings. The first-order chi connectivity index (χ1) is 20.6. The molecule has 222 valence electrons. The zero-order chi connectivity index (χ0) is 30.7. The summed E-state index contributed by atoms with van der Waals surface area (Å²) in [5, 5.41) is 0. The number of fused-ring (bicyclic) bond motifs is 1. The van der Waals surface area contributed by atoms with Crippen LogP contribution in [0.4, 0.5) is 20.3 Å². The monoisotopic (exact) mass is 609 g/mol. The van der Waals surface area contributed by atoms with Crippen LogP contribution in [0.15, 0.2) is 66.0 Å². The van der Waals surface area contributed by atoms with Crippen molar-refractivity contribution in [3.63, 3.8) is 0 Å². The Balaban J connectivity index is 1.44. The molecular weight excluding hydrogens is 584 g/mol. The zero-order valence-electron chi connectivity index (χ0n) is 23.0. The van der Waals surface area contributed by atoms with Crippen LogP contribution in [-0.2, 0) is 19.6 Å². The van der Waals surface area contributed by atoms with Crippen molar-refractivity contribution in [2.45, 2.75) is 11.8 Å². The van der Waals surface area contributed by atoms with Gasteiger partial charge in [-0.05, 0) is 49.4 Å². The van der Waals surface area contributed by atoms with Crippen LogP contribution in [-0.4, -0.2) is 78.2 Å². The summed E-state index contributed by atoms with van der Waals surface area (Å²) in [6.07, 6.45) is 5.34. The number of methoxy groups -OCH3 is 1. The molecule has 0 unspecified atom stereocenters. The third kappa shape index (κ3) is 6.40. The van der Waals surface area contributed by atoms with Crippen LogP contribution in [0.1, 0.15) is 6.92 Å². The Kier molecular flexibility index (Phi) is 8.25. The van der Waals surface area contributed by atoms with Crippen molar-refractivity contribution in [3.05, 3.63) is 72.7 Å². The molecule has 4 aromatic rings. The summed E-state index contributed by atoms with van der Waals surface area (Å²) in [6.45, 7) is 3.11. The highest BCUT2D eigenvalue weighted by atomic mass is 32.2. The summed E-state index contributed by atoms with van der Waals surface area (Å²) in [5.74, 6) is -2.06. The number of amides is 1. The lowest BCUT2D eigenvalue weighted by molar-refractivity contribution is -0.126. The first-order valence-corrected chi connectivity index (χ1v) is 14.4. The van der Waals surface area contributed by atoms with Crippen molar-refractivity contribution in [2.24, 2.45) is 0 Å². The van der Waals surface area contributed by atoms with E-state index in [1.54, 1.807) is 17.0 Å². The van der Waals surface area contributed by atoms with E-state index >= 15 is 0 Å². The molecule has 1 aliphatic rings. The molecule has 0 spiro atoms. The minimum Gasteiger partial charge on any atom is -0.480 e. The van der Waals surface area contributed by atoms with Crippen LogP contribution in [0, 0.1) is 11.6 Å². The van der Waals surface area contributed by atoms with Gasteiger partial charge in [0.1, 0.15) is 34.1 Å². The Morgan fingerprint density at radius 2 is 1.77 bits per heavy atom. The van der Waals surface area contributed by atoms with Gasteiger partial charge in [-0.15, -0.1) is 0 Å². The Morgan fingerprint density at radius 3 is 2.49 bits per heavy atom. The average molecular weight is 610 g/mol. The minimum atomic E-state index is -4.55. The number of benzene rings is 1. The highest BCUT2D eigenvalue weighted by Crippen LogP contribution is 2.32. The van der Waals surface area contributed by atoms with Crippen molar-refractivity contribution < 1.29 is 31.5 Å². The fraction of sp³-hybridized carbons (Fsp3) is 0.214. The van der Waals surface area contributed by atoms with E-state index in [9.17, 15) is 26.8 Å². The molecule has 0 aliphatic carbocycles. The van der Waals surface area contributed by atoms with Crippen LogP contribution in [0.25, 0.3) is 22.3 Å². The Labute approximate surface area is 245 Å². The second kappa shape index (κ2) is 12.1. The molecule has 0 atom stereocenters. The van der Waals surface area contributed by atoms with Crippen molar-refractivity contribution in [2.75, 3.05) is 42.9 Å². The van der Waals surface area contributed by atoms with E-state index in [2.05, 4.69) is 19.7 Å². The highest BCUT2D eigenvalue weighted by Gasteiger charge is 2.25. The number of allylic oxidation sites excluding steroid dienone is 1. The number of aromatic nitrogens is 4. The molecule has 3 aromatic heterocycles. The molecule has 1 amide bonds. The van der Waals surface area contributed by atoms with Crippen LogP contribution in [0.2, 0.25) is 0 Å². The van der Waals surface area contributed by atoms with E-state index in [1.165, 1.54) is 44.8 Å². The number of nitrogens with zero attached hydrogens (tertiary/aromatic N) is 6. The summed E-state index contributed by atoms with van der Waals surface area (Å²) in [7, 11) is -3.27. The van der Waals surface area contributed by atoms with Gasteiger partial charge >= 0.3 is 0 Å².